The van der Waals surface area contributed by atoms with Crippen LogP contribution < -0.4 is 10.2 Å². The van der Waals surface area contributed by atoms with Gasteiger partial charge in [0.2, 0.25) is 0 Å². The molecule has 0 aliphatic carbocycles. The zero-order valence-corrected chi connectivity index (χ0v) is 14.1. The molecule has 0 saturated carbocycles. The van der Waals surface area contributed by atoms with E-state index < -0.39 is 0 Å². The maximum Gasteiger partial charge on any atom is 0.317 e. The van der Waals surface area contributed by atoms with Crippen molar-refractivity contribution in [2.45, 2.75) is 26.2 Å². The molecule has 1 unspecified atom stereocenters. The molecule has 2 amide bonds. The first-order valence-electron chi connectivity index (χ1n) is 8.68. The lowest BCUT2D eigenvalue weighted by molar-refractivity contribution is 0.129. The zero-order valence-electron chi connectivity index (χ0n) is 14.1. The monoisotopic (exact) mass is 319 g/mol. The van der Waals surface area contributed by atoms with E-state index in [1.807, 2.05) is 23.1 Å². The first-order valence-corrected chi connectivity index (χ1v) is 8.68. The topological polar surface area (TPSA) is 55.8 Å². The van der Waals surface area contributed by atoms with Gasteiger partial charge in [0.15, 0.2) is 0 Å². The molecule has 1 fully saturated rings. The van der Waals surface area contributed by atoms with Gasteiger partial charge in [0, 0.05) is 45.0 Å². The van der Waals surface area contributed by atoms with Crippen LogP contribution in [-0.2, 0) is 0 Å². The first-order chi connectivity index (χ1) is 11.2. The molecular formula is C18H29N3O2. The van der Waals surface area contributed by atoms with Crippen LogP contribution in [0.2, 0.25) is 0 Å². The van der Waals surface area contributed by atoms with Gasteiger partial charge in [0.05, 0.1) is 0 Å². The fourth-order valence-electron chi connectivity index (χ4n) is 3.08. The standard InChI is InChI=1S/C18H29N3O2/c1-2-20(17-9-4-3-5-10-17)13-7-11-19-18(23)21-12-6-8-16(14-21)15-22/h3-5,9-10,16,22H,2,6-8,11-15H2,1H3,(H,19,23). The maximum atomic E-state index is 12.2. The number of rotatable bonds is 7. The number of nitrogens with one attached hydrogen (secondary N) is 1. The number of para-hydroxylation sites is 1. The number of hydrogen-bond acceptors (Lipinski definition) is 3. The van der Waals surface area contributed by atoms with Gasteiger partial charge in [0.25, 0.3) is 0 Å². The van der Waals surface area contributed by atoms with E-state index in [1.54, 1.807) is 0 Å². The largest absolute Gasteiger partial charge is 0.396 e. The minimum atomic E-state index is 0.00547. The zero-order chi connectivity index (χ0) is 16.5. The molecule has 5 nitrogen and oxygen atoms in total. The van der Waals surface area contributed by atoms with Crippen molar-refractivity contribution in [3.8, 4) is 0 Å². The lowest BCUT2D eigenvalue weighted by atomic mass is 9.99. The van der Waals surface area contributed by atoms with E-state index in [2.05, 4.69) is 29.3 Å². The summed E-state index contributed by atoms with van der Waals surface area (Å²) >= 11 is 0. The quantitative estimate of drug-likeness (QED) is 0.758. The Bertz CT molecular complexity index is 467. The Labute approximate surface area is 139 Å². The molecule has 23 heavy (non-hydrogen) atoms. The van der Waals surface area contributed by atoms with Crippen LogP contribution in [0.15, 0.2) is 30.3 Å². The van der Waals surface area contributed by atoms with E-state index >= 15 is 0 Å². The number of urea groups is 1. The Kier molecular flexibility index (Phi) is 7.20. The van der Waals surface area contributed by atoms with Crippen molar-refractivity contribution < 1.29 is 9.90 Å². The fraction of sp³-hybridized carbons (Fsp3) is 0.611. The highest BCUT2D eigenvalue weighted by Gasteiger charge is 2.22. The van der Waals surface area contributed by atoms with Gasteiger partial charge in [-0.3, -0.25) is 0 Å². The molecule has 2 rings (SSSR count). The van der Waals surface area contributed by atoms with Gasteiger partial charge in [-0.05, 0) is 44.2 Å². The first kappa shape index (κ1) is 17.6. The maximum absolute atomic E-state index is 12.2. The van der Waals surface area contributed by atoms with Gasteiger partial charge in [-0.25, -0.2) is 4.79 Å². The molecule has 0 bridgehead atoms. The van der Waals surface area contributed by atoms with Crippen molar-refractivity contribution in [3.63, 3.8) is 0 Å². The summed E-state index contributed by atoms with van der Waals surface area (Å²) in [6.45, 7) is 6.37. The normalized spacial score (nSPS) is 17.8. The molecule has 1 heterocycles. The number of anilines is 1. The average molecular weight is 319 g/mol. The summed E-state index contributed by atoms with van der Waals surface area (Å²) in [6, 6.07) is 10.4. The van der Waals surface area contributed by atoms with Gasteiger partial charge >= 0.3 is 6.03 Å². The Morgan fingerprint density at radius 3 is 2.87 bits per heavy atom. The summed E-state index contributed by atoms with van der Waals surface area (Å²) in [4.78, 5) is 16.3. The van der Waals surface area contributed by atoms with E-state index in [0.717, 1.165) is 38.9 Å². The van der Waals surface area contributed by atoms with Crippen LogP contribution >= 0.6 is 0 Å². The van der Waals surface area contributed by atoms with Crippen molar-refractivity contribution in [2.75, 3.05) is 44.2 Å². The molecule has 1 aliphatic rings. The molecule has 128 valence electrons. The number of aliphatic hydroxyl groups is 1. The van der Waals surface area contributed by atoms with Gasteiger partial charge in [-0.2, -0.15) is 0 Å². The summed E-state index contributed by atoms with van der Waals surface area (Å²) in [7, 11) is 0. The van der Waals surface area contributed by atoms with Crippen LogP contribution in [0, 0.1) is 5.92 Å². The van der Waals surface area contributed by atoms with Gasteiger partial charge in [0.1, 0.15) is 0 Å². The number of hydrogen-bond donors (Lipinski definition) is 2. The van der Waals surface area contributed by atoms with E-state index in [-0.39, 0.29) is 18.6 Å². The van der Waals surface area contributed by atoms with Crippen LogP contribution in [0.25, 0.3) is 0 Å². The number of nitrogens with zero attached hydrogens (tertiary/aromatic N) is 2. The highest BCUT2D eigenvalue weighted by molar-refractivity contribution is 5.74. The van der Waals surface area contributed by atoms with Crippen molar-refractivity contribution >= 4 is 11.7 Å². The second-order valence-corrected chi connectivity index (χ2v) is 6.14. The van der Waals surface area contributed by atoms with Gasteiger partial charge in [-0.15, -0.1) is 0 Å². The molecule has 1 aromatic rings. The summed E-state index contributed by atoms with van der Waals surface area (Å²) < 4.78 is 0. The van der Waals surface area contributed by atoms with Crippen molar-refractivity contribution in [1.29, 1.82) is 0 Å². The Hall–Kier alpha value is -1.75. The molecule has 0 spiro atoms. The van der Waals surface area contributed by atoms with E-state index in [9.17, 15) is 9.90 Å². The molecule has 0 aromatic heterocycles. The minimum absolute atomic E-state index is 0.00547. The summed E-state index contributed by atoms with van der Waals surface area (Å²) in [5.41, 5.74) is 1.23. The Balaban J connectivity index is 1.69. The molecule has 1 aliphatic heterocycles. The third kappa shape index (κ3) is 5.43. The predicted molar refractivity (Wildman–Crippen MR) is 93.7 cm³/mol. The number of amides is 2. The summed E-state index contributed by atoms with van der Waals surface area (Å²) in [6.07, 6.45) is 2.92. The van der Waals surface area contributed by atoms with Crippen LogP contribution in [0.3, 0.4) is 0 Å². The predicted octanol–water partition coefficient (Wildman–Crippen LogP) is 2.32. The van der Waals surface area contributed by atoms with Gasteiger partial charge < -0.3 is 20.2 Å². The third-order valence-electron chi connectivity index (χ3n) is 4.45. The van der Waals surface area contributed by atoms with Crippen molar-refractivity contribution in [3.05, 3.63) is 30.3 Å². The average Bonchev–Trinajstić information content (AvgIpc) is 2.62. The number of piperidine rings is 1. The van der Waals surface area contributed by atoms with E-state index in [4.69, 9.17) is 0 Å². The second kappa shape index (κ2) is 9.40. The third-order valence-corrected chi connectivity index (χ3v) is 4.45. The second-order valence-electron chi connectivity index (χ2n) is 6.14. The number of likely N-dealkylation sites (tertiary alicyclic amines) is 1. The smallest absolute Gasteiger partial charge is 0.317 e. The number of aliphatic hydroxyl groups excluding tert-OH is 1. The Morgan fingerprint density at radius 2 is 2.17 bits per heavy atom. The van der Waals surface area contributed by atoms with Gasteiger partial charge in [-0.1, -0.05) is 18.2 Å². The molecule has 0 radical (unpaired) electrons. The molecule has 5 heteroatoms. The number of carbonyl (C=O) groups excluding carboxylic acids is 1. The lowest BCUT2D eigenvalue weighted by Gasteiger charge is -2.32. The summed E-state index contributed by atoms with van der Waals surface area (Å²) in [5.74, 6) is 0.239. The van der Waals surface area contributed by atoms with E-state index in [1.165, 1.54) is 5.69 Å². The molecule has 1 aromatic carbocycles. The van der Waals surface area contributed by atoms with Crippen LogP contribution in [0.4, 0.5) is 10.5 Å². The molecule has 2 N–H and O–H groups in total. The van der Waals surface area contributed by atoms with E-state index in [0.29, 0.717) is 13.1 Å². The van der Waals surface area contributed by atoms with Crippen LogP contribution in [0.1, 0.15) is 26.2 Å². The highest BCUT2D eigenvalue weighted by Crippen LogP contribution is 2.16. The molecular weight excluding hydrogens is 290 g/mol. The molecule has 1 atom stereocenters. The van der Waals surface area contributed by atoms with Crippen molar-refractivity contribution in [2.24, 2.45) is 5.92 Å². The van der Waals surface area contributed by atoms with Crippen LogP contribution in [-0.4, -0.2) is 55.4 Å². The summed E-state index contributed by atoms with van der Waals surface area (Å²) in [5, 5.41) is 12.2. The number of benzene rings is 1. The Morgan fingerprint density at radius 1 is 1.39 bits per heavy atom. The van der Waals surface area contributed by atoms with Crippen molar-refractivity contribution in [1.82, 2.24) is 10.2 Å². The highest BCUT2D eigenvalue weighted by atomic mass is 16.3. The van der Waals surface area contributed by atoms with Crippen LogP contribution in [0.5, 0.6) is 0 Å². The minimum Gasteiger partial charge on any atom is -0.396 e. The SMILES string of the molecule is CCN(CCCNC(=O)N1CCCC(CO)C1)c1ccccc1. The fourth-order valence-corrected chi connectivity index (χ4v) is 3.08. The molecule has 1 saturated heterocycles. The lowest BCUT2D eigenvalue weighted by Crippen LogP contribution is -2.46. The number of carbonyl (C=O) groups is 1.